The van der Waals surface area contributed by atoms with Gasteiger partial charge in [0.2, 0.25) is 17.7 Å². The maximum absolute atomic E-state index is 13.1. The van der Waals surface area contributed by atoms with E-state index in [0.29, 0.717) is 44.5 Å². The van der Waals surface area contributed by atoms with Crippen molar-refractivity contribution in [3.63, 3.8) is 0 Å². The van der Waals surface area contributed by atoms with Crippen LogP contribution in [0.25, 0.3) is 11.5 Å². The molecule has 2 aliphatic heterocycles. The van der Waals surface area contributed by atoms with E-state index in [-0.39, 0.29) is 17.2 Å². The number of carbonyl (C=O) groups excluding carboxylic acids is 1. The minimum absolute atomic E-state index is 0.0178. The van der Waals surface area contributed by atoms with Crippen molar-refractivity contribution in [2.24, 2.45) is 5.41 Å². The van der Waals surface area contributed by atoms with Crippen molar-refractivity contribution < 1.29 is 13.9 Å². The molecule has 30 heavy (non-hydrogen) atoms. The number of ether oxygens (including phenoxy) is 1. The van der Waals surface area contributed by atoms with Crippen molar-refractivity contribution in [3.05, 3.63) is 66.3 Å². The van der Waals surface area contributed by atoms with E-state index in [4.69, 9.17) is 9.15 Å². The third-order valence-electron chi connectivity index (χ3n) is 6.35. The summed E-state index contributed by atoms with van der Waals surface area (Å²) in [6, 6.07) is 13.6. The van der Waals surface area contributed by atoms with Gasteiger partial charge in [0.05, 0.1) is 12.3 Å². The first-order valence-electron chi connectivity index (χ1n) is 10.4. The summed E-state index contributed by atoms with van der Waals surface area (Å²) in [7, 11) is 0. The molecule has 1 aromatic carbocycles. The van der Waals surface area contributed by atoms with Crippen LogP contribution < -0.4 is 0 Å². The number of amides is 1. The van der Waals surface area contributed by atoms with E-state index in [0.717, 1.165) is 24.0 Å². The average molecular weight is 404 g/mol. The zero-order valence-corrected chi connectivity index (χ0v) is 16.7. The molecule has 0 radical (unpaired) electrons. The van der Waals surface area contributed by atoms with E-state index >= 15 is 0 Å². The number of aromatic nitrogens is 3. The highest BCUT2D eigenvalue weighted by Crippen LogP contribution is 2.49. The summed E-state index contributed by atoms with van der Waals surface area (Å²) in [4.78, 5) is 19.1. The van der Waals surface area contributed by atoms with Crippen LogP contribution in [0.3, 0.4) is 0 Å². The van der Waals surface area contributed by atoms with Crippen LogP contribution in [0.2, 0.25) is 0 Å². The molecule has 7 nitrogen and oxygen atoms in total. The maximum atomic E-state index is 13.1. The molecule has 4 heterocycles. The third-order valence-corrected chi connectivity index (χ3v) is 6.35. The quantitative estimate of drug-likeness (QED) is 0.665. The van der Waals surface area contributed by atoms with Crippen LogP contribution in [0.5, 0.6) is 0 Å². The summed E-state index contributed by atoms with van der Waals surface area (Å²) in [6.45, 7) is 2.70. The van der Waals surface area contributed by atoms with Gasteiger partial charge in [0.15, 0.2) is 0 Å². The minimum Gasteiger partial charge on any atom is -0.420 e. The predicted octanol–water partition coefficient (Wildman–Crippen LogP) is 3.10. The smallest absolute Gasteiger partial charge is 0.247 e. The van der Waals surface area contributed by atoms with Gasteiger partial charge >= 0.3 is 0 Å². The second-order valence-electron chi connectivity index (χ2n) is 8.15. The number of likely N-dealkylation sites (tertiary alicyclic amines) is 1. The van der Waals surface area contributed by atoms with Gasteiger partial charge in [-0.2, -0.15) is 0 Å². The molecule has 1 atom stereocenters. The Kier molecular flexibility index (Phi) is 5.04. The molecule has 2 fully saturated rings. The zero-order valence-electron chi connectivity index (χ0n) is 16.7. The molecule has 7 heteroatoms. The van der Waals surface area contributed by atoms with Gasteiger partial charge < -0.3 is 14.1 Å². The number of nitrogens with zero attached hydrogens (tertiary/aromatic N) is 4. The van der Waals surface area contributed by atoms with Crippen LogP contribution in [0.15, 0.2) is 59.3 Å². The summed E-state index contributed by atoms with van der Waals surface area (Å²) < 4.78 is 11.7. The monoisotopic (exact) mass is 404 g/mol. The van der Waals surface area contributed by atoms with Crippen molar-refractivity contribution in [2.45, 2.75) is 25.2 Å². The molecule has 2 saturated heterocycles. The molecule has 0 aliphatic carbocycles. The van der Waals surface area contributed by atoms with Gasteiger partial charge in [-0.05, 0) is 30.5 Å². The lowest BCUT2D eigenvalue weighted by Gasteiger charge is -2.36. The van der Waals surface area contributed by atoms with Crippen molar-refractivity contribution >= 4 is 5.91 Å². The lowest BCUT2D eigenvalue weighted by atomic mass is 9.72. The first kappa shape index (κ1) is 18.9. The molecule has 3 aromatic rings. The van der Waals surface area contributed by atoms with Crippen molar-refractivity contribution in [1.29, 1.82) is 0 Å². The van der Waals surface area contributed by atoms with Crippen LogP contribution in [-0.2, 0) is 16.0 Å². The summed E-state index contributed by atoms with van der Waals surface area (Å²) in [5.74, 6) is 1.26. The number of pyridine rings is 1. The molecule has 2 aromatic heterocycles. The van der Waals surface area contributed by atoms with Crippen molar-refractivity contribution in [2.75, 3.05) is 26.3 Å². The first-order chi connectivity index (χ1) is 14.7. The van der Waals surface area contributed by atoms with Gasteiger partial charge in [-0.15, -0.1) is 10.2 Å². The van der Waals surface area contributed by atoms with Gasteiger partial charge in [0, 0.05) is 49.7 Å². The van der Waals surface area contributed by atoms with Gasteiger partial charge in [-0.25, -0.2) is 0 Å². The molecule has 2 aliphatic rings. The Labute approximate surface area is 175 Å². The van der Waals surface area contributed by atoms with E-state index in [2.05, 4.69) is 15.2 Å². The molecule has 0 saturated carbocycles. The van der Waals surface area contributed by atoms with E-state index in [1.807, 2.05) is 47.4 Å². The molecule has 1 amide bonds. The lowest BCUT2D eigenvalue weighted by Crippen LogP contribution is -2.37. The normalized spacial score (nSPS) is 20.5. The molecular formula is C23H24N4O3. The average Bonchev–Trinajstić information content (AvgIpc) is 3.41. The van der Waals surface area contributed by atoms with Crippen LogP contribution in [0.4, 0.5) is 0 Å². The summed E-state index contributed by atoms with van der Waals surface area (Å²) in [5, 5.41) is 8.65. The predicted molar refractivity (Wildman–Crippen MR) is 109 cm³/mol. The molecule has 0 bridgehead atoms. The van der Waals surface area contributed by atoms with E-state index in [1.54, 1.807) is 12.4 Å². The van der Waals surface area contributed by atoms with Crippen LogP contribution in [0.1, 0.15) is 30.2 Å². The van der Waals surface area contributed by atoms with E-state index < -0.39 is 0 Å². The Morgan fingerprint density at radius 3 is 2.60 bits per heavy atom. The Morgan fingerprint density at radius 2 is 1.83 bits per heavy atom. The summed E-state index contributed by atoms with van der Waals surface area (Å²) in [6.07, 6.45) is 5.60. The number of hydrogen-bond donors (Lipinski definition) is 0. The van der Waals surface area contributed by atoms with Gasteiger partial charge in [-0.3, -0.25) is 9.78 Å². The number of hydrogen-bond acceptors (Lipinski definition) is 6. The third kappa shape index (κ3) is 3.61. The molecule has 5 rings (SSSR count). The fourth-order valence-corrected chi connectivity index (χ4v) is 4.65. The van der Waals surface area contributed by atoms with Gasteiger partial charge in [-0.1, -0.05) is 30.3 Å². The van der Waals surface area contributed by atoms with Gasteiger partial charge in [0.1, 0.15) is 0 Å². The fraction of sp³-hybridized carbons (Fsp3) is 0.391. The second-order valence-corrected chi connectivity index (χ2v) is 8.15. The Balaban J connectivity index is 1.40. The van der Waals surface area contributed by atoms with Gasteiger partial charge in [0.25, 0.3) is 0 Å². The van der Waals surface area contributed by atoms with Crippen molar-refractivity contribution in [1.82, 2.24) is 20.1 Å². The highest BCUT2D eigenvalue weighted by molar-refractivity contribution is 5.79. The topological polar surface area (TPSA) is 81.4 Å². The standard InChI is InChI=1S/C23H24N4O3/c28-20(14-17-4-2-1-3-5-17)27-15-19(23(16-27)8-12-29-13-9-23)22-26-25-21(30-22)18-6-10-24-11-7-18/h1-7,10-11,19H,8-9,12-16H2. The van der Waals surface area contributed by atoms with E-state index in [9.17, 15) is 4.79 Å². The Bertz CT molecular complexity index is 1000. The number of rotatable bonds is 4. The molecule has 0 N–H and O–H groups in total. The zero-order chi connectivity index (χ0) is 20.4. The SMILES string of the molecule is O=C(Cc1ccccc1)N1CC(c2nnc(-c3ccncc3)o2)C2(CCOCC2)C1. The van der Waals surface area contributed by atoms with Crippen LogP contribution >= 0.6 is 0 Å². The summed E-state index contributed by atoms with van der Waals surface area (Å²) in [5.41, 5.74) is 1.80. The second kappa shape index (κ2) is 7.99. The first-order valence-corrected chi connectivity index (χ1v) is 10.4. The maximum Gasteiger partial charge on any atom is 0.247 e. The lowest BCUT2D eigenvalue weighted by molar-refractivity contribution is -0.130. The highest BCUT2D eigenvalue weighted by Gasteiger charge is 2.51. The minimum atomic E-state index is -0.0767. The van der Waals surface area contributed by atoms with Crippen molar-refractivity contribution in [3.8, 4) is 11.5 Å². The fourth-order valence-electron chi connectivity index (χ4n) is 4.65. The largest absolute Gasteiger partial charge is 0.420 e. The Morgan fingerprint density at radius 1 is 1.07 bits per heavy atom. The summed E-state index contributed by atoms with van der Waals surface area (Å²) >= 11 is 0. The molecular weight excluding hydrogens is 380 g/mol. The van der Waals surface area contributed by atoms with Crippen LogP contribution in [-0.4, -0.2) is 52.3 Å². The number of carbonyl (C=O) groups is 1. The molecule has 1 unspecified atom stereocenters. The Hall–Kier alpha value is -3.06. The van der Waals surface area contributed by atoms with E-state index in [1.165, 1.54) is 0 Å². The van der Waals surface area contributed by atoms with Crippen LogP contribution in [0, 0.1) is 5.41 Å². The molecule has 1 spiro atoms. The number of benzene rings is 1. The molecule has 154 valence electrons. The highest BCUT2D eigenvalue weighted by atomic mass is 16.5.